The summed E-state index contributed by atoms with van der Waals surface area (Å²) in [6.07, 6.45) is 0. The largest absolute Gasteiger partial charge is 0.383 e. The van der Waals surface area contributed by atoms with Crippen molar-refractivity contribution in [3.8, 4) is 11.8 Å². The Morgan fingerprint density at radius 2 is 2.19 bits per heavy atom. The molecule has 0 bridgehead atoms. The van der Waals surface area contributed by atoms with Crippen molar-refractivity contribution in [2.75, 3.05) is 20.3 Å². The van der Waals surface area contributed by atoms with E-state index < -0.39 is 5.82 Å². The van der Waals surface area contributed by atoms with Crippen LogP contribution in [-0.4, -0.2) is 32.2 Å². The fourth-order valence-electron chi connectivity index (χ4n) is 1.74. The molecular weight excluding hydrogens is 271 g/mol. The molecule has 0 saturated carbocycles. The van der Waals surface area contributed by atoms with E-state index in [-0.39, 0.29) is 35.5 Å². The lowest BCUT2D eigenvalue weighted by molar-refractivity contribution is 0.0866. The number of carbonyl (C=O) groups is 1. The van der Waals surface area contributed by atoms with Gasteiger partial charge in [0, 0.05) is 12.7 Å². The number of ether oxygens (including phenoxy) is 1. The number of hydrogen-bond acceptors (Lipinski definition) is 3. The number of methoxy groups -OCH3 is 1. The van der Waals surface area contributed by atoms with Crippen LogP contribution in [0.5, 0.6) is 0 Å². The van der Waals surface area contributed by atoms with Crippen LogP contribution in [0, 0.1) is 23.6 Å². The second-order valence-corrected chi connectivity index (χ2v) is 4.98. The van der Waals surface area contributed by atoms with Crippen molar-refractivity contribution >= 4 is 5.91 Å². The molecule has 0 heterocycles. The van der Waals surface area contributed by atoms with Crippen LogP contribution in [-0.2, 0) is 4.74 Å². The van der Waals surface area contributed by atoms with Crippen LogP contribution in [0.25, 0.3) is 0 Å². The average molecular weight is 292 g/mol. The fraction of sp³-hybridized carbons (Fsp3) is 0.438. The summed E-state index contributed by atoms with van der Waals surface area (Å²) in [5, 5.41) is 2.84. The first kappa shape index (κ1) is 17.2. The molecule has 0 spiro atoms. The minimum Gasteiger partial charge on any atom is -0.383 e. The van der Waals surface area contributed by atoms with Gasteiger partial charge in [0.1, 0.15) is 5.82 Å². The summed E-state index contributed by atoms with van der Waals surface area (Å²) in [6.45, 7) is 4.53. The molecule has 1 aromatic rings. The third-order valence-corrected chi connectivity index (χ3v) is 3.02. The smallest absolute Gasteiger partial charge is 0.251 e. The molecule has 1 amide bonds. The summed E-state index contributed by atoms with van der Waals surface area (Å²) >= 11 is 0. The highest BCUT2D eigenvalue weighted by atomic mass is 19.1. The maximum absolute atomic E-state index is 13.8. The molecule has 4 nitrogen and oxygen atoms in total. The van der Waals surface area contributed by atoms with Gasteiger partial charge in [0.05, 0.1) is 24.8 Å². The molecule has 21 heavy (non-hydrogen) atoms. The van der Waals surface area contributed by atoms with E-state index in [1.165, 1.54) is 12.1 Å². The fourth-order valence-corrected chi connectivity index (χ4v) is 1.74. The lowest BCUT2D eigenvalue weighted by atomic mass is 10.0. The predicted molar refractivity (Wildman–Crippen MR) is 80.3 cm³/mol. The van der Waals surface area contributed by atoms with Crippen LogP contribution in [0.1, 0.15) is 29.8 Å². The lowest BCUT2D eigenvalue weighted by Crippen LogP contribution is -2.41. The van der Waals surface area contributed by atoms with Gasteiger partial charge in [-0.25, -0.2) is 4.39 Å². The van der Waals surface area contributed by atoms with E-state index in [9.17, 15) is 9.18 Å². The van der Waals surface area contributed by atoms with E-state index in [0.717, 1.165) is 0 Å². The van der Waals surface area contributed by atoms with Gasteiger partial charge in [0.2, 0.25) is 0 Å². The number of nitrogens with two attached hydrogens (primary N) is 1. The van der Waals surface area contributed by atoms with Gasteiger partial charge in [0.25, 0.3) is 5.91 Å². The zero-order valence-corrected chi connectivity index (χ0v) is 12.6. The van der Waals surface area contributed by atoms with Crippen molar-refractivity contribution < 1.29 is 13.9 Å². The number of nitrogens with one attached hydrogen (secondary N) is 1. The highest BCUT2D eigenvalue weighted by Crippen LogP contribution is 2.11. The van der Waals surface area contributed by atoms with Crippen LogP contribution >= 0.6 is 0 Å². The molecule has 0 aliphatic carbocycles. The summed E-state index contributed by atoms with van der Waals surface area (Å²) in [4.78, 5) is 12.1. The Bertz CT molecular complexity index is 547. The third-order valence-electron chi connectivity index (χ3n) is 3.02. The van der Waals surface area contributed by atoms with Crippen LogP contribution < -0.4 is 11.1 Å². The summed E-state index contributed by atoms with van der Waals surface area (Å²) in [7, 11) is 1.58. The van der Waals surface area contributed by atoms with E-state index in [1.807, 2.05) is 13.8 Å². The van der Waals surface area contributed by atoms with Gasteiger partial charge >= 0.3 is 0 Å². The summed E-state index contributed by atoms with van der Waals surface area (Å²) < 4.78 is 18.9. The first-order chi connectivity index (χ1) is 9.99. The molecule has 0 aliphatic rings. The quantitative estimate of drug-likeness (QED) is 0.809. The first-order valence-electron chi connectivity index (χ1n) is 6.77. The Morgan fingerprint density at radius 3 is 2.71 bits per heavy atom. The molecule has 1 atom stereocenters. The van der Waals surface area contributed by atoms with Gasteiger partial charge in [0.15, 0.2) is 0 Å². The number of hydrogen-bond donors (Lipinski definition) is 2. The molecule has 0 fully saturated rings. The number of benzene rings is 1. The van der Waals surface area contributed by atoms with Crippen LogP contribution in [0.15, 0.2) is 18.2 Å². The molecule has 0 aromatic heterocycles. The zero-order valence-electron chi connectivity index (χ0n) is 12.6. The van der Waals surface area contributed by atoms with Crippen LogP contribution in [0.2, 0.25) is 0 Å². The molecule has 0 radical (unpaired) electrons. The zero-order chi connectivity index (χ0) is 15.8. The number of halogens is 1. The third kappa shape index (κ3) is 5.18. The van der Waals surface area contributed by atoms with E-state index >= 15 is 0 Å². The Kier molecular flexibility index (Phi) is 6.86. The maximum atomic E-state index is 13.8. The molecule has 114 valence electrons. The monoisotopic (exact) mass is 292 g/mol. The van der Waals surface area contributed by atoms with Crippen molar-refractivity contribution in [2.45, 2.75) is 19.9 Å². The molecule has 3 N–H and O–H groups in total. The van der Waals surface area contributed by atoms with Gasteiger partial charge in [-0.05, 0) is 24.1 Å². The normalized spacial score (nSPS) is 11.7. The molecule has 5 heteroatoms. The lowest BCUT2D eigenvalue weighted by Gasteiger charge is -2.21. The highest BCUT2D eigenvalue weighted by Gasteiger charge is 2.17. The Morgan fingerprint density at radius 1 is 1.48 bits per heavy atom. The second-order valence-electron chi connectivity index (χ2n) is 4.98. The van der Waals surface area contributed by atoms with Gasteiger partial charge < -0.3 is 15.8 Å². The van der Waals surface area contributed by atoms with E-state index in [4.69, 9.17) is 10.5 Å². The van der Waals surface area contributed by atoms with Gasteiger partial charge in [-0.15, -0.1) is 0 Å². The van der Waals surface area contributed by atoms with E-state index in [1.54, 1.807) is 13.2 Å². The van der Waals surface area contributed by atoms with Crippen LogP contribution in [0.3, 0.4) is 0 Å². The highest BCUT2D eigenvalue weighted by molar-refractivity contribution is 5.94. The maximum Gasteiger partial charge on any atom is 0.251 e. The van der Waals surface area contributed by atoms with Crippen LogP contribution in [0.4, 0.5) is 4.39 Å². The van der Waals surface area contributed by atoms with Gasteiger partial charge in [-0.1, -0.05) is 25.7 Å². The number of rotatable bonds is 5. The van der Waals surface area contributed by atoms with Crippen molar-refractivity contribution in [2.24, 2.45) is 11.7 Å². The van der Waals surface area contributed by atoms with E-state index in [2.05, 4.69) is 17.2 Å². The Balaban J connectivity index is 2.85. The molecule has 1 aromatic carbocycles. The number of carbonyl (C=O) groups excluding carboxylic acids is 1. The summed E-state index contributed by atoms with van der Waals surface area (Å²) in [5.41, 5.74) is 5.73. The van der Waals surface area contributed by atoms with Crippen molar-refractivity contribution in [3.05, 3.63) is 35.1 Å². The Labute approximate surface area is 124 Å². The van der Waals surface area contributed by atoms with Gasteiger partial charge in [-0.3, -0.25) is 4.79 Å². The standard InChI is InChI=1S/C16H21FN2O2/c1-11(2)15(10-21-3)19-16(20)13-7-6-12(5-4-8-18)14(17)9-13/h6-7,9,11,15H,8,10,18H2,1-3H3,(H,19,20). The summed E-state index contributed by atoms with van der Waals surface area (Å²) in [5.74, 6) is 4.55. The minimum absolute atomic E-state index is 0.123. The topological polar surface area (TPSA) is 64.3 Å². The van der Waals surface area contributed by atoms with Gasteiger partial charge in [-0.2, -0.15) is 0 Å². The average Bonchev–Trinajstić information content (AvgIpc) is 2.45. The molecule has 1 rings (SSSR count). The molecule has 0 saturated heterocycles. The number of amides is 1. The van der Waals surface area contributed by atoms with Crippen molar-refractivity contribution in [1.29, 1.82) is 0 Å². The molecular formula is C16H21FN2O2. The second kappa shape index (κ2) is 8.40. The predicted octanol–water partition coefficient (Wildman–Crippen LogP) is 1.54. The minimum atomic E-state index is -0.531. The first-order valence-corrected chi connectivity index (χ1v) is 6.77. The van der Waals surface area contributed by atoms with E-state index in [0.29, 0.717) is 6.61 Å². The SMILES string of the molecule is COCC(NC(=O)c1ccc(C#CCN)c(F)c1)C(C)C. The molecule has 0 aliphatic heterocycles. The van der Waals surface area contributed by atoms with Crippen molar-refractivity contribution in [1.82, 2.24) is 5.32 Å². The van der Waals surface area contributed by atoms with Crippen molar-refractivity contribution in [3.63, 3.8) is 0 Å². The Hall–Kier alpha value is -1.90. The summed E-state index contributed by atoms with van der Waals surface area (Å²) in [6, 6.07) is 4.08. The molecule has 1 unspecified atom stereocenters.